The predicted octanol–water partition coefficient (Wildman–Crippen LogP) is 6.93. The average molecular weight is 481 g/mol. The Hall–Kier alpha value is -3.05. The van der Waals surface area contributed by atoms with Crippen LogP contribution in [0.15, 0.2) is 59.7 Å². The summed E-state index contributed by atoms with van der Waals surface area (Å²) in [5, 5.41) is 6.72. The first-order valence-electron chi connectivity index (χ1n) is 11.9. The zero-order valence-electron chi connectivity index (χ0n) is 20.0. The number of fused-ring (bicyclic) bond motifs is 1. The van der Waals surface area contributed by atoms with E-state index in [1.54, 1.807) is 25.5 Å². The molecule has 0 saturated carbocycles. The first-order chi connectivity index (χ1) is 16.6. The topological polar surface area (TPSA) is 59.9 Å². The number of amides is 1. The van der Waals surface area contributed by atoms with Crippen LogP contribution in [-0.4, -0.2) is 25.8 Å². The molecule has 0 aliphatic heterocycles. The maximum absolute atomic E-state index is 12.4. The molecule has 0 radical (unpaired) electrons. The van der Waals surface area contributed by atoms with Crippen LogP contribution in [0, 0.1) is 0 Å². The van der Waals surface area contributed by atoms with Crippen molar-refractivity contribution in [2.24, 2.45) is 5.10 Å². The molecule has 3 aromatic carbocycles. The molecule has 0 aromatic heterocycles. The molecule has 3 rings (SSSR count). The van der Waals surface area contributed by atoms with Crippen LogP contribution in [0.1, 0.15) is 56.6 Å². The molecule has 6 heteroatoms. The Bertz CT molecular complexity index is 1110. The number of halogens is 1. The van der Waals surface area contributed by atoms with Gasteiger partial charge in [-0.3, -0.25) is 4.79 Å². The third-order valence-electron chi connectivity index (χ3n) is 5.63. The maximum atomic E-state index is 12.4. The van der Waals surface area contributed by atoms with Crippen molar-refractivity contribution >= 4 is 34.5 Å². The average Bonchev–Trinajstić information content (AvgIpc) is 2.84. The summed E-state index contributed by atoms with van der Waals surface area (Å²) in [7, 11) is 1.58. The molecule has 0 aliphatic carbocycles. The van der Waals surface area contributed by atoms with E-state index in [-0.39, 0.29) is 12.3 Å². The van der Waals surface area contributed by atoms with Crippen molar-refractivity contribution in [1.29, 1.82) is 0 Å². The highest BCUT2D eigenvalue weighted by Crippen LogP contribution is 2.36. The first kappa shape index (κ1) is 25.6. The van der Waals surface area contributed by atoms with Crippen molar-refractivity contribution in [3.63, 3.8) is 0 Å². The Morgan fingerprint density at radius 1 is 1.03 bits per heavy atom. The lowest BCUT2D eigenvalue weighted by atomic mass is 10.0. The minimum atomic E-state index is -0.190. The number of ether oxygens (including phenoxy) is 2. The van der Waals surface area contributed by atoms with Crippen molar-refractivity contribution in [3.8, 4) is 11.5 Å². The van der Waals surface area contributed by atoms with Crippen LogP contribution in [0.25, 0.3) is 10.8 Å². The number of rotatable bonds is 13. The molecule has 5 nitrogen and oxygen atoms in total. The van der Waals surface area contributed by atoms with Crippen molar-refractivity contribution < 1.29 is 14.3 Å². The molecule has 0 unspecified atom stereocenters. The number of methoxy groups -OCH3 is 1. The minimum absolute atomic E-state index is 0.190. The standard InChI is InChI=1S/C28H33ClN2O3/c1-3-4-5-6-7-10-16-34-28-25(29)17-21(18-26(28)33-2)20-30-31-27(32)19-23-14-11-13-22-12-8-9-15-24(22)23/h8-9,11-15,17-18,20H,3-7,10,16,19H2,1-2H3,(H,31,32). The number of hydrogen-bond acceptors (Lipinski definition) is 4. The third kappa shape index (κ3) is 7.49. The van der Waals surface area contributed by atoms with E-state index in [9.17, 15) is 4.79 Å². The van der Waals surface area contributed by atoms with E-state index in [2.05, 4.69) is 17.5 Å². The maximum Gasteiger partial charge on any atom is 0.244 e. The van der Waals surface area contributed by atoms with E-state index in [1.807, 2.05) is 42.5 Å². The number of hydrogen-bond donors (Lipinski definition) is 1. The zero-order valence-corrected chi connectivity index (χ0v) is 20.7. The summed E-state index contributed by atoms with van der Waals surface area (Å²) in [6.07, 6.45) is 8.94. The number of hydrazone groups is 1. The Balaban J connectivity index is 1.54. The van der Waals surface area contributed by atoms with Crippen LogP contribution in [-0.2, 0) is 11.2 Å². The van der Waals surface area contributed by atoms with Gasteiger partial charge in [0, 0.05) is 0 Å². The molecule has 0 spiro atoms. The van der Waals surface area contributed by atoms with Gasteiger partial charge in [-0.2, -0.15) is 5.10 Å². The van der Waals surface area contributed by atoms with Gasteiger partial charge in [0.25, 0.3) is 0 Å². The van der Waals surface area contributed by atoms with E-state index in [1.165, 1.54) is 25.7 Å². The smallest absolute Gasteiger partial charge is 0.244 e. The quantitative estimate of drug-likeness (QED) is 0.164. The number of benzene rings is 3. The Labute approximate surface area is 207 Å². The van der Waals surface area contributed by atoms with Crippen LogP contribution in [0.5, 0.6) is 11.5 Å². The van der Waals surface area contributed by atoms with Gasteiger partial charge in [-0.05, 0) is 40.5 Å². The zero-order chi connectivity index (χ0) is 24.2. The van der Waals surface area contributed by atoms with Gasteiger partial charge in [-0.25, -0.2) is 5.43 Å². The number of unbranched alkanes of at least 4 members (excludes halogenated alkanes) is 5. The first-order valence-corrected chi connectivity index (χ1v) is 12.3. The van der Waals surface area contributed by atoms with Gasteiger partial charge in [0.2, 0.25) is 5.91 Å². The molecule has 1 amide bonds. The summed E-state index contributed by atoms with van der Waals surface area (Å²) >= 11 is 6.44. The van der Waals surface area contributed by atoms with E-state index in [0.29, 0.717) is 28.7 Å². The Morgan fingerprint density at radius 2 is 1.79 bits per heavy atom. The molecule has 0 fully saturated rings. The summed E-state index contributed by atoms with van der Waals surface area (Å²) in [4.78, 5) is 12.4. The van der Waals surface area contributed by atoms with Crippen LogP contribution >= 0.6 is 11.6 Å². The third-order valence-corrected chi connectivity index (χ3v) is 5.91. The van der Waals surface area contributed by atoms with Crippen molar-refractivity contribution in [2.45, 2.75) is 51.9 Å². The fourth-order valence-electron chi connectivity index (χ4n) is 3.85. The fraction of sp³-hybridized carbons (Fsp3) is 0.357. The van der Waals surface area contributed by atoms with Gasteiger partial charge < -0.3 is 9.47 Å². The summed E-state index contributed by atoms with van der Waals surface area (Å²) in [5.41, 5.74) is 4.26. The van der Waals surface area contributed by atoms with Crippen LogP contribution < -0.4 is 14.9 Å². The van der Waals surface area contributed by atoms with Gasteiger partial charge in [0.1, 0.15) is 0 Å². The lowest BCUT2D eigenvalue weighted by Gasteiger charge is -2.13. The van der Waals surface area contributed by atoms with E-state index < -0.39 is 0 Å². The van der Waals surface area contributed by atoms with Crippen molar-refractivity contribution in [3.05, 3.63) is 70.7 Å². The fourth-order valence-corrected chi connectivity index (χ4v) is 4.12. The van der Waals surface area contributed by atoms with Gasteiger partial charge in [0.05, 0.1) is 31.4 Å². The second kappa shape index (κ2) is 13.6. The molecule has 3 aromatic rings. The highest BCUT2D eigenvalue weighted by atomic mass is 35.5. The largest absolute Gasteiger partial charge is 0.493 e. The summed E-state index contributed by atoms with van der Waals surface area (Å²) in [5.74, 6) is 0.890. The van der Waals surface area contributed by atoms with Gasteiger partial charge in [0.15, 0.2) is 11.5 Å². The van der Waals surface area contributed by atoms with Gasteiger partial charge in [-0.15, -0.1) is 0 Å². The molecule has 0 atom stereocenters. The minimum Gasteiger partial charge on any atom is -0.493 e. The number of carbonyl (C=O) groups excluding carboxylic acids is 1. The number of carbonyl (C=O) groups is 1. The monoisotopic (exact) mass is 480 g/mol. The highest BCUT2D eigenvalue weighted by Gasteiger charge is 2.12. The molecule has 34 heavy (non-hydrogen) atoms. The molecule has 180 valence electrons. The second-order valence-electron chi connectivity index (χ2n) is 8.26. The van der Waals surface area contributed by atoms with Crippen molar-refractivity contribution in [1.82, 2.24) is 5.43 Å². The lowest BCUT2D eigenvalue weighted by Crippen LogP contribution is -2.19. The summed E-state index contributed by atoms with van der Waals surface area (Å²) < 4.78 is 11.4. The van der Waals surface area contributed by atoms with E-state index in [0.717, 1.165) is 29.2 Å². The summed E-state index contributed by atoms with van der Waals surface area (Å²) in [6.45, 7) is 2.81. The Kier molecular flexibility index (Phi) is 10.2. The van der Waals surface area contributed by atoms with E-state index in [4.69, 9.17) is 21.1 Å². The van der Waals surface area contributed by atoms with Crippen LogP contribution in [0.2, 0.25) is 5.02 Å². The Morgan fingerprint density at radius 3 is 2.62 bits per heavy atom. The normalized spacial score (nSPS) is 11.1. The number of nitrogens with zero attached hydrogens (tertiary/aromatic N) is 1. The van der Waals surface area contributed by atoms with E-state index >= 15 is 0 Å². The molecule has 0 saturated heterocycles. The molecule has 1 N–H and O–H groups in total. The van der Waals surface area contributed by atoms with Crippen LogP contribution in [0.4, 0.5) is 0 Å². The summed E-state index contributed by atoms with van der Waals surface area (Å²) in [6, 6.07) is 17.5. The molecule has 0 heterocycles. The molecular weight excluding hydrogens is 448 g/mol. The molecular formula is C28H33ClN2O3. The van der Waals surface area contributed by atoms with Gasteiger partial charge >= 0.3 is 0 Å². The van der Waals surface area contributed by atoms with Crippen molar-refractivity contribution in [2.75, 3.05) is 13.7 Å². The predicted molar refractivity (Wildman–Crippen MR) is 140 cm³/mol. The lowest BCUT2D eigenvalue weighted by molar-refractivity contribution is -0.120. The molecule has 0 bridgehead atoms. The van der Waals surface area contributed by atoms with Crippen LogP contribution in [0.3, 0.4) is 0 Å². The number of nitrogens with one attached hydrogen (secondary N) is 1. The SMILES string of the molecule is CCCCCCCCOc1c(Cl)cc(C=NNC(=O)Cc2cccc3ccccc23)cc1OC. The van der Waals surface area contributed by atoms with Gasteiger partial charge in [-0.1, -0.05) is 93.1 Å². The second-order valence-corrected chi connectivity index (χ2v) is 8.67. The highest BCUT2D eigenvalue weighted by molar-refractivity contribution is 6.32. The molecule has 0 aliphatic rings.